The molecule has 0 atom stereocenters. The number of aliphatic imine (C=N–C) groups is 1. The molecule has 0 spiro atoms. The molecule has 0 aromatic carbocycles. The topological polar surface area (TPSA) is 48.9 Å². The molecule has 0 unspecified atom stereocenters. The van der Waals surface area contributed by atoms with Gasteiger partial charge in [0, 0.05) is 31.6 Å². The first-order chi connectivity index (χ1) is 12.0. The summed E-state index contributed by atoms with van der Waals surface area (Å²) < 4.78 is 5.45. The van der Waals surface area contributed by atoms with Gasteiger partial charge in [0.1, 0.15) is 0 Å². The SMILES string of the molecule is CCNC(=NCC(C)(C)OC)NCC1CCN(Cc2cccs2)CC1.I. The molecule has 0 radical (unpaired) electrons. The molecule has 0 bridgehead atoms. The number of thiophene rings is 1. The molecule has 1 aliphatic heterocycles. The predicted molar refractivity (Wildman–Crippen MR) is 123 cm³/mol. The van der Waals surface area contributed by atoms with Crippen LogP contribution in [0.5, 0.6) is 0 Å². The summed E-state index contributed by atoms with van der Waals surface area (Å²) in [6.07, 6.45) is 2.50. The van der Waals surface area contributed by atoms with E-state index in [1.807, 2.05) is 11.3 Å². The van der Waals surface area contributed by atoms with Gasteiger partial charge in [0.15, 0.2) is 5.96 Å². The molecule has 0 saturated carbocycles. The van der Waals surface area contributed by atoms with Crippen molar-refractivity contribution in [3.63, 3.8) is 0 Å². The molecule has 2 heterocycles. The standard InChI is InChI=1S/C19H34N4OS.HI/c1-5-20-18(22-15-19(2,3)24-4)21-13-16-8-10-23(11-9-16)14-17-7-6-12-25-17;/h6-7,12,16H,5,8-11,13-15H2,1-4H3,(H2,20,21,22);1H. The molecule has 5 nitrogen and oxygen atoms in total. The van der Waals surface area contributed by atoms with Crippen LogP contribution in [0.3, 0.4) is 0 Å². The van der Waals surface area contributed by atoms with Crippen LogP contribution in [0.2, 0.25) is 0 Å². The second-order valence-electron chi connectivity index (χ2n) is 7.34. The van der Waals surface area contributed by atoms with E-state index in [2.05, 4.69) is 58.8 Å². The zero-order valence-electron chi connectivity index (χ0n) is 16.6. The second kappa shape index (κ2) is 12.2. The Kier molecular flexibility index (Phi) is 11.1. The normalized spacial score (nSPS) is 17.0. The minimum absolute atomic E-state index is 0. The maximum Gasteiger partial charge on any atom is 0.191 e. The number of piperidine rings is 1. The van der Waals surface area contributed by atoms with Gasteiger partial charge in [-0.3, -0.25) is 9.89 Å². The Hall–Kier alpha value is -0.380. The molecule has 1 saturated heterocycles. The molecule has 2 rings (SSSR count). The van der Waals surface area contributed by atoms with Gasteiger partial charge in [-0.2, -0.15) is 0 Å². The van der Waals surface area contributed by atoms with Crippen LogP contribution in [-0.2, 0) is 11.3 Å². The first-order valence-corrected chi connectivity index (χ1v) is 10.2. The van der Waals surface area contributed by atoms with Crippen LogP contribution >= 0.6 is 35.3 Å². The quantitative estimate of drug-likeness (QED) is 0.330. The van der Waals surface area contributed by atoms with Gasteiger partial charge in [-0.1, -0.05) is 6.07 Å². The summed E-state index contributed by atoms with van der Waals surface area (Å²) in [5, 5.41) is 9.01. The van der Waals surface area contributed by atoms with Crippen molar-refractivity contribution < 1.29 is 4.74 Å². The van der Waals surface area contributed by atoms with Gasteiger partial charge in [0.25, 0.3) is 0 Å². The minimum atomic E-state index is -0.227. The molecular formula is C19H35IN4OS. The van der Waals surface area contributed by atoms with Crippen LogP contribution in [0.1, 0.15) is 38.5 Å². The monoisotopic (exact) mass is 494 g/mol. The number of nitrogens with zero attached hydrogens (tertiary/aromatic N) is 2. The van der Waals surface area contributed by atoms with Crippen LogP contribution in [0, 0.1) is 5.92 Å². The van der Waals surface area contributed by atoms with Gasteiger partial charge in [-0.05, 0) is 64.1 Å². The molecule has 0 aliphatic carbocycles. The number of likely N-dealkylation sites (tertiary alicyclic amines) is 1. The zero-order chi connectivity index (χ0) is 18.1. The fourth-order valence-electron chi connectivity index (χ4n) is 2.89. The summed E-state index contributed by atoms with van der Waals surface area (Å²) in [7, 11) is 1.74. The average molecular weight is 494 g/mol. The second-order valence-corrected chi connectivity index (χ2v) is 8.37. The highest BCUT2D eigenvalue weighted by atomic mass is 127. The van der Waals surface area contributed by atoms with Gasteiger partial charge in [0.2, 0.25) is 0 Å². The largest absolute Gasteiger partial charge is 0.377 e. The lowest BCUT2D eigenvalue weighted by Crippen LogP contribution is -2.43. The molecule has 2 N–H and O–H groups in total. The van der Waals surface area contributed by atoms with E-state index >= 15 is 0 Å². The Balaban J connectivity index is 0.00000338. The third kappa shape index (κ3) is 8.54. The van der Waals surface area contributed by atoms with Crippen molar-refractivity contribution in [2.75, 3.05) is 39.8 Å². The highest BCUT2D eigenvalue weighted by Gasteiger charge is 2.20. The molecule has 0 amide bonds. The van der Waals surface area contributed by atoms with E-state index in [-0.39, 0.29) is 29.6 Å². The van der Waals surface area contributed by atoms with E-state index in [0.29, 0.717) is 6.54 Å². The van der Waals surface area contributed by atoms with Gasteiger partial charge >= 0.3 is 0 Å². The molecular weight excluding hydrogens is 459 g/mol. The first kappa shape index (κ1) is 23.7. The highest BCUT2D eigenvalue weighted by Crippen LogP contribution is 2.20. The van der Waals surface area contributed by atoms with E-state index < -0.39 is 0 Å². The lowest BCUT2D eigenvalue weighted by molar-refractivity contribution is 0.0310. The van der Waals surface area contributed by atoms with Crippen molar-refractivity contribution >= 4 is 41.3 Å². The highest BCUT2D eigenvalue weighted by molar-refractivity contribution is 14.0. The fourth-order valence-corrected chi connectivity index (χ4v) is 3.63. The molecule has 150 valence electrons. The summed E-state index contributed by atoms with van der Waals surface area (Å²) in [4.78, 5) is 8.71. The first-order valence-electron chi connectivity index (χ1n) is 9.34. The number of guanidine groups is 1. The maximum absolute atomic E-state index is 5.45. The number of rotatable bonds is 8. The molecule has 1 fully saturated rings. The molecule has 1 aromatic heterocycles. The van der Waals surface area contributed by atoms with Crippen LogP contribution in [0.4, 0.5) is 0 Å². The van der Waals surface area contributed by atoms with E-state index in [0.717, 1.165) is 31.5 Å². The van der Waals surface area contributed by atoms with Gasteiger partial charge < -0.3 is 15.4 Å². The molecule has 26 heavy (non-hydrogen) atoms. The van der Waals surface area contributed by atoms with Crippen LogP contribution in [0.15, 0.2) is 22.5 Å². The summed E-state index contributed by atoms with van der Waals surface area (Å²) in [6.45, 7) is 12.2. The summed E-state index contributed by atoms with van der Waals surface area (Å²) in [5.74, 6) is 1.62. The van der Waals surface area contributed by atoms with Crippen molar-refractivity contribution in [3.8, 4) is 0 Å². The number of hydrogen-bond donors (Lipinski definition) is 2. The van der Waals surface area contributed by atoms with Crippen LogP contribution < -0.4 is 10.6 Å². The third-order valence-corrected chi connectivity index (χ3v) is 5.60. The van der Waals surface area contributed by atoms with Gasteiger partial charge in [-0.25, -0.2) is 0 Å². The van der Waals surface area contributed by atoms with E-state index in [9.17, 15) is 0 Å². The number of nitrogens with one attached hydrogen (secondary N) is 2. The fraction of sp³-hybridized carbons (Fsp3) is 0.737. The lowest BCUT2D eigenvalue weighted by atomic mass is 9.97. The maximum atomic E-state index is 5.45. The van der Waals surface area contributed by atoms with Crippen molar-refractivity contribution in [1.82, 2.24) is 15.5 Å². The van der Waals surface area contributed by atoms with E-state index in [1.54, 1.807) is 7.11 Å². The van der Waals surface area contributed by atoms with Crippen molar-refractivity contribution in [3.05, 3.63) is 22.4 Å². The third-order valence-electron chi connectivity index (χ3n) is 4.74. The van der Waals surface area contributed by atoms with Crippen LogP contribution in [0.25, 0.3) is 0 Å². The Morgan fingerprint density at radius 3 is 2.65 bits per heavy atom. The lowest BCUT2D eigenvalue weighted by Gasteiger charge is -2.32. The molecule has 1 aliphatic rings. The van der Waals surface area contributed by atoms with Gasteiger partial charge in [-0.15, -0.1) is 35.3 Å². The Morgan fingerprint density at radius 1 is 1.35 bits per heavy atom. The number of methoxy groups -OCH3 is 1. The van der Waals surface area contributed by atoms with Gasteiger partial charge in [0.05, 0.1) is 12.1 Å². The van der Waals surface area contributed by atoms with Crippen molar-refractivity contribution in [2.24, 2.45) is 10.9 Å². The summed E-state index contributed by atoms with van der Waals surface area (Å²) in [5.41, 5.74) is -0.227. The Labute approximate surface area is 180 Å². The number of ether oxygens (including phenoxy) is 1. The zero-order valence-corrected chi connectivity index (χ0v) is 19.7. The average Bonchev–Trinajstić information content (AvgIpc) is 3.12. The van der Waals surface area contributed by atoms with Crippen LogP contribution in [-0.4, -0.2) is 56.3 Å². The number of halogens is 1. The predicted octanol–water partition coefficient (Wildman–Crippen LogP) is 3.56. The van der Waals surface area contributed by atoms with Crippen molar-refractivity contribution in [1.29, 1.82) is 0 Å². The molecule has 1 aromatic rings. The minimum Gasteiger partial charge on any atom is -0.377 e. The van der Waals surface area contributed by atoms with E-state index in [4.69, 9.17) is 4.74 Å². The Morgan fingerprint density at radius 2 is 2.08 bits per heavy atom. The van der Waals surface area contributed by atoms with E-state index in [1.165, 1.54) is 30.8 Å². The molecule has 7 heteroatoms. The Bertz CT molecular complexity index is 514. The number of hydrogen-bond acceptors (Lipinski definition) is 4. The smallest absolute Gasteiger partial charge is 0.191 e. The summed E-state index contributed by atoms with van der Waals surface area (Å²) >= 11 is 1.86. The van der Waals surface area contributed by atoms with Crippen molar-refractivity contribution in [2.45, 2.75) is 45.8 Å². The summed E-state index contributed by atoms with van der Waals surface area (Å²) in [6, 6.07) is 4.38.